The Morgan fingerprint density at radius 2 is 2.06 bits per heavy atom. The number of pyridine rings is 1. The van der Waals surface area contributed by atoms with Gasteiger partial charge in [-0.1, -0.05) is 29.3 Å². The maximum atomic E-state index is 11.9. The number of benzene rings is 1. The van der Waals surface area contributed by atoms with E-state index in [1.807, 2.05) is 0 Å². The molecule has 0 aliphatic heterocycles. The minimum absolute atomic E-state index is 0.248. The fourth-order valence-corrected chi connectivity index (χ4v) is 4.75. The fourth-order valence-electron chi connectivity index (χ4n) is 3.04. The first kappa shape index (κ1) is 21.9. The number of carbonyl (C=O) groups excluding carboxylic acids is 1. The third-order valence-electron chi connectivity index (χ3n) is 4.50. The van der Waals surface area contributed by atoms with E-state index in [-0.39, 0.29) is 5.82 Å². The average molecular weight is 485 g/mol. The number of amides is 1. The smallest absolute Gasteiger partial charge is 0.254 e. The molecule has 0 fully saturated rings. The zero-order valence-electron chi connectivity index (χ0n) is 16.4. The second-order valence-electron chi connectivity index (χ2n) is 6.68. The first-order valence-corrected chi connectivity index (χ1v) is 10.8. The van der Waals surface area contributed by atoms with Gasteiger partial charge in [0, 0.05) is 27.4 Å². The van der Waals surface area contributed by atoms with Gasteiger partial charge in [0.15, 0.2) is 5.82 Å². The number of H-pyrrole nitrogens is 1. The largest absolute Gasteiger partial charge is 0.384 e. The molecule has 1 atom stereocenters. The van der Waals surface area contributed by atoms with Crippen LogP contribution in [0.5, 0.6) is 0 Å². The summed E-state index contributed by atoms with van der Waals surface area (Å²) in [5.74, 6) is 0.144. The van der Waals surface area contributed by atoms with Crippen molar-refractivity contribution in [1.29, 1.82) is 5.26 Å². The lowest BCUT2D eigenvalue weighted by atomic mass is 9.98. The van der Waals surface area contributed by atoms with Crippen LogP contribution in [0.3, 0.4) is 0 Å². The van der Waals surface area contributed by atoms with Gasteiger partial charge in [-0.05, 0) is 36.8 Å². The Balaban J connectivity index is 1.92. The summed E-state index contributed by atoms with van der Waals surface area (Å²) < 4.78 is 0. The third-order valence-corrected chi connectivity index (χ3v) is 6.30. The Kier molecular flexibility index (Phi) is 6.21. The van der Waals surface area contributed by atoms with Gasteiger partial charge in [-0.2, -0.15) is 10.4 Å². The van der Waals surface area contributed by atoms with Gasteiger partial charge in [-0.3, -0.25) is 9.89 Å². The number of anilines is 1. The third kappa shape index (κ3) is 4.22. The molecule has 0 spiro atoms. The highest BCUT2D eigenvalue weighted by molar-refractivity contribution is 7.19. The number of hydrogen-bond donors (Lipinski definition) is 3. The van der Waals surface area contributed by atoms with E-state index in [4.69, 9.17) is 23.2 Å². The molecule has 0 saturated heterocycles. The van der Waals surface area contributed by atoms with Crippen LogP contribution in [0.4, 0.5) is 5.82 Å². The molecule has 8 nitrogen and oxygen atoms in total. The van der Waals surface area contributed by atoms with Crippen molar-refractivity contribution in [2.24, 2.45) is 0 Å². The highest BCUT2D eigenvalue weighted by Crippen LogP contribution is 2.48. The Labute approximate surface area is 196 Å². The second-order valence-corrected chi connectivity index (χ2v) is 8.54. The number of thiophene rings is 1. The lowest BCUT2D eigenvalue weighted by molar-refractivity contribution is -0.123. The quantitative estimate of drug-likeness (QED) is 0.374. The van der Waals surface area contributed by atoms with Crippen molar-refractivity contribution in [2.45, 2.75) is 13.0 Å². The molecular weight excluding hydrogens is 471 g/mol. The monoisotopic (exact) mass is 484 g/mol. The zero-order chi connectivity index (χ0) is 22.8. The number of aliphatic hydroxyl groups excluding tert-OH is 1. The molecule has 3 N–H and O–H groups in total. The van der Waals surface area contributed by atoms with Crippen molar-refractivity contribution in [3.63, 3.8) is 0 Å². The minimum atomic E-state index is -1.19. The van der Waals surface area contributed by atoms with Crippen LogP contribution in [0.15, 0.2) is 42.9 Å². The number of carbonyl (C=O) groups is 1. The van der Waals surface area contributed by atoms with Crippen molar-refractivity contribution in [2.75, 3.05) is 5.32 Å². The summed E-state index contributed by atoms with van der Waals surface area (Å²) in [5, 5.41) is 29.7. The van der Waals surface area contributed by atoms with Crippen LogP contribution >= 0.6 is 34.5 Å². The number of halogens is 2. The maximum Gasteiger partial charge on any atom is 0.254 e. The van der Waals surface area contributed by atoms with Crippen molar-refractivity contribution in [3.05, 3.63) is 58.5 Å². The summed E-state index contributed by atoms with van der Waals surface area (Å²) in [5.41, 5.74) is 2.25. The molecule has 0 saturated carbocycles. The molecular formula is C21H14Cl2N6O2S. The van der Waals surface area contributed by atoms with Crippen molar-refractivity contribution in [1.82, 2.24) is 20.2 Å². The molecule has 4 rings (SSSR count). The van der Waals surface area contributed by atoms with Gasteiger partial charge in [-0.25, -0.2) is 9.97 Å². The van der Waals surface area contributed by atoms with Crippen LogP contribution < -0.4 is 5.32 Å². The normalized spacial score (nSPS) is 11.7. The molecule has 160 valence electrons. The van der Waals surface area contributed by atoms with Gasteiger partial charge in [0.05, 0.1) is 15.3 Å². The molecule has 0 radical (unpaired) electrons. The van der Waals surface area contributed by atoms with Crippen LogP contribution in [-0.2, 0) is 4.79 Å². The van der Waals surface area contributed by atoms with Gasteiger partial charge >= 0.3 is 0 Å². The number of rotatable bonds is 5. The first-order valence-electron chi connectivity index (χ1n) is 9.22. The van der Waals surface area contributed by atoms with E-state index in [2.05, 4.69) is 31.6 Å². The summed E-state index contributed by atoms with van der Waals surface area (Å²) in [7, 11) is 0. The molecule has 32 heavy (non-hydrogen) atoms. The van der Waals surface area contributed by atoms with E-state index in [1.165, 1.54) is 30.8 Å². The molecule has 3 heterocycles. The Morgan fingerprint density at radius 1 is 1.25 bits per heavy atom. The number of nitrogens with zero attached hydrogens (tertiary/aromatic N) is 4. The Hall–Kier alpha value is -3.29. The van der Waals surface area contributed by atoms with E-state index in [1.54, 1.807) is 30.3 Å². The number of aromatic nitrogens is 4. The number of nitriles is 1. The Bertz CT molecular complexity index is 1350. The van der Waals surface area contributed by atoms with Gasteiger partial charge in [-0.15, -0.1) is 11.3 Å². The lowest BCUT2D eigenvalue weighted by Crippen LogP contribution is -2.24. The van der Waals surface area contributed by atoms with Crippen molar-refractivity contribution >= 4 is 46.3 Å². The van der Waals surface area contributed by atoms with Crippen LogP contribution in [0, 0.1) is 11.3 Å². The number of aliphatic hydroxyl groups is 1. The number of nitrogens with one attached hydrogen (secondary N) is 2. The van der Waals surface area contributed by atoms with Crippen molar-refractivity contribution in [3.8, 4) is 38.3 Å². The summed E-state index contributed by atoms with van der Waals surface area (Å²) >= 11 is 13.9. The summed E-state index contributed by atoms with van der Waals surface area (Å²) in [6, 6.07) is 10.7. The van der Waals surface area contributed by atoms with Crippen molar-refractivity contribution < 1.29 is 9.90 Å². The number of hydrogen-bond acceptors (Lipinski definition) is 7. The van der Waals surface area contributed by atoms with Gasteiger partial charge in [0.2, 0.25) is 0 Å². The summed E-state index contributed by atoms with van der Waals surface area (Å²) in [4.78, 5) is 21.5. The topological polar surface area (TPSA) is 128 Å². The van der Waals surface area contributed by atoms with Gasteiger partial charge in [0.25, 0.3) is 5.91 Å². The fraction of sp³-hybridized carbons (Fsp3) is 0.0952. The molecule has 3 aromatic heterocycles. The lowest BCUT2D eigenvalue weighted by Gasteiger charge is -2.08. The van der Waals surface area contributed by atoms with Crippen LogP contribution in [-0.4, -0.2) is 37.3 Å². The van der Waals surface area contributed by atoms with Crippen LogP contribution in [0.25, 0.3) is 32.3 Å². The predicted molar refractivity (Wildman–Crippen MR) is 123 cm³/mol. The minimum Gasteiger partial charge on any atom is -0.384 e. The molecule has 0 bridgehead atoms. The van der Waals surface area contributed by atoms with E-state index in [9.17, 15) is 15.2 Å². The molecule has 1 unspecified atom stereocenters. The first-order chi connectivity index (χ1) is 15.4. The van der Waals surface area contributed by atoms with Crippen LogP contribution in [0.2, 0.25) is 10.0 Å². The summed E-state index contributed by atoms with van der Waals surface area (Å²) in [6.07, 6.45) is 1.70. The standard InChI is InChI=1S/C21H14Cl2N6O2S/c1-10(30)21(31)28-16-6-11(4-5-25-16)18-14(8-24)17(13-3-2-12(22)7-15(13)23)19(32-18)20-26-9-27-29-20/h2-7,9-10,30H,1H3,(H,25,28,31)(H,26,27,29). The van der Waals surface area contributed by atoms with Crippen LogP contribution in [0.1, 0.15) is 12.5 Å². The highest BCUT2D eigenvalue weighted by atomic mass is 35.5. The zero-order valence-corrected chi connectivity index (χ0v) is 18.8. The summed E-state index contributed by atoms with van der Waals surface area (Å²) in [6.45, 7) is 1.36. The van der Waals surface area contributed by atoms with E-state index < -0.39 is 12.0 Å². The predicted octanol–water partition coefficient (Wildman–Crippen LogP) is 4.76. The molecule has 4 aromatic rings. The van der Waals surface area contributed by atoms with E-state index in [0.717, 1.165) is 0 Å². The SMILES string of the molecule is CC(O)C(=O)Nc1cc(-c2sc(-c3ncn[nH]3)c(-c3ccc(Cl)cc3Cl)c2C#N)ccn1. The molecule has 0 aliphatic rings. The van der Waals surface area contributed by atoms with E-state index >= 15 is 0 Å². The highest BCUT2D eigenvalue weighted by Gasteiger charge is 2.25. The molecule has 11 heteroatoms. The molecule has 1 amide bonds. The number of aromatic amines is 1. The Morgan fingerprint density at radius 3 is 2.72 bits per heavy atom. The van der Waals surface area contributed by atoms with Gasteiger partial charge in [0.1, 0.15) is 24.3 Å². The van der Waals surface area contributed by atoms with Gasteiger partial charge < -0.3 is 10.4 Å². The van der Waals surface area contributed by atoms with E-state index in [0.29, 0.717) is 47.9 Å². The average Bonchev–Trinajstić information content (AvgIpc) is 3.41. The molecule has 1 aromatic carbocycles. The molecule has 0 aliphatic carbocycles. The maximum absolute atomic E-state index is 11.9. The second kappa shape index (κ2) is 9.06.